The molecule has 2 aliphatic heterocycles. The van der Waals surface area contributed by atoms with Crippen molar-refractivity contribution in [1.82, 2.24) is 0 Å². The fourth-order valence-corrected chi connectivity index (χ4v) is 5.27. The first-order valence-electron chi connectivity index (χ1n) is 12.1. The molecular formula is C27H27N3O5S. The summed E-state index contributed by atoms with van der Waals surface area (Å²) in [7, 11) is 1.61. The van der Waals surface area contributed by atoms with Crippen LogP contribution in [0.2, 0.25) is 0 Å². The molecule has 0 aliphatic carbocycles. The van der Waals surface area contributed by atoms with Crippen LogP contribution >= 0.6 is 11.8 Å². The SMILES string of the molecule is [2H][C@]1(N=[N+]=[N-])[C@H](Sc2ccccc2)O[C@@H]2COC(c3ccc(OC)cc3)O[C@H]2[C@@H]1OCc1ccccc1. The maximum Gasteiger partial charge on any atom is 0.184 e. The van der Waals surface area contributed by atoms with Gasteiger partial charge in [-0.15, -0.1) is 0 Å². The molecule has 36 heavy (non-hydrogen) atoms. The molecule has 0 radical (unpaired) electrons. The summed E-state index contributed by atoms with van der Waals surface area (Å²) >= 11 is 1.31. The molecular weight excluding hydrogens is 478 g/mol. The first kappa shape index (κ1) is 23.4. The number of azide groups is 1. The van der Waals surface area contributed by atoms with Gasteiger partial charge in [-0.2, -0.15) is 0 Å². The highest BCUT2D eigenvalue weighted by Gasteiger charge is 2.50. The minimum absolute atomic E-state index is 0.219. The first-order chi connectivity index (χ1) is 18.1. The van der Waals surface area contributed by atoms with E-state index < -0.39 is 36.1 Å². The molecule has 0 bridgehead atoms. The van der Waals surface area contributed by atoms with Crippen LogP contribution in [0.25, 0.3) is 10.4 Å². The molecule has 2 saturated heterocycles. The third-order valence-electron chi connectivity index (χ3n) is 6.00. The van der Waals surface area contributed by atoms with Crippen LogP contribution < -0.4 is 4.74 Å². The molecule has 3 aromatic carbocycles. The Morgan fingerprint density at radius 2 is 1.75 bits per heavy atom. The summed E-state index contributed by atoms with van der Waals surface area (Å²) in [4.78, 5) is 3.91. The van der Waals surface area contributed by atoms with Gasteiger partial charge in [0.15, 0.2) is 6.29 Å². The summed E-state index contributed by atoms with van der Waals surface area (Å²) < 4.78 is 39.7. The average Bonchev–Trinajstić information content (AvgIpc) is 2.94. The number of hydrogen-bond acceptors (Lipinski definition) is 7. The number of hydrogen-bond donors (Lipinski definition) is 0. The van der Waals surface area contributed by atoms with Gasteiger partial charge in [-0.25, -0.2) is 0 Å². The fourth-order valence-electron chi connectivity index (χ4n) is 4.20. The highest BCUT2D eigenvalue weighted by atomic mass is 32.2. The molecule has 0 amide bonds. The van der Waals surface area contributed by atoms with Crippen LogP contribution in [0.4, 0.5) is 0 Å². The van der Waals surface area contributed by atoms with Gasteiger partial charge >= 0.3 is 0 Å². The Morgan fingerprint density at radius 3 is 2.44 bits per heavy atom. The summed E-state index contributed by atoms with van der Waals surface area (Å²) in [5.74, 6) is 0.719. The van der Waals surface area contributed by atoms with Gasteiger partial charge in [0.05, 0.1) is 26.4 Å². The number of ether oxygens (including phenoxy) is 5. The second kappa shape index (κ2) is 11.8. The normalized spacial score (nSPS) is 29.9. The van der Waals surface area contributed by atoms with E-state index in [0.717, 1.165) is 21.8 Å². The van der Waals surface area contributed by atoms with E-state index in [4.69, 9.17) is 23.7 Å². The van der Waals surface area contributed by atoms with Crippen LogP contribution in [-0.4, -0.2) is 43.5 Å². The molecule has 1 unspecified atom stereocenters. The Morgan fingerprint density at radius 1 is 1.03 bits per heavy atom. The highest BCUT2D eigenvalue weighted by Crippen LogP contribution is 2.41. The van der Waals surface area contributed by atoms with Crippen molar-refractivity contribution in [2.45, 2.75) is 47.6 Å². The Balaban J connectivity index is 1.46. The number of benzene rings is 3. The van der Waals surface area contributed by atoms with Gasteiger partial charge in [-0.05, 0) is 35.4 Å². The van der Waals surface area contributed by atoms with Crippen molar-refractivity contribution in [1.29, 1.82) is 0 Å². The van der Waals surface area contributed by atoms with E-state index in [2.05, 4.69) is 10.0 Å². The van der Waals surface area contributed by atoms with Crippen LogP contribution in [0.15, 0.2) is 94.9 Å². The fraction of sp³-hybridized carbons (Fsp3) is 0.333. The van der Waals surface area contributed by atoms with Gasteiger partial charge in [0.25, 0.3) is 0 Å². The Hall–Kier alpha value is -3.04. The van der Waals surface area contributed by atoms with E-state index >= 15 is 0 Å². The number of thioether (sulfide) groups is 1. The molecule has 0 aromatic heterocycles. The minimum atomic E-state index is -1.81. The molecule has 0 N–H and O–H groups in total. The quantitative estimate of drug-likeness (QED) is 0.215. The average molecular weight is 507 g/mol. The van der Waals surface area contributed by atoms with Crippen molar-refractivity contribution in [3.05, 3.63) is 106 Å². The van der Waals surface area contributed by atoms with Crippen LogP contribution in [0.3, 0.4) is 0 Å². The smallest absolute Gasteiger partial charge is 0.184 e. The van der Waals surface area contributed by atoms with Crippen LogP contribution in [0.5, 0.6) is 5.75 Å². The lowest BCUT2D eigenvalue weighted by Gasteiger charge is -2.48. The van der Waals surface area contributed by atoms with E-state index in [1.807, 2.05) is 84.9 Å². The Labute approximate surface area is 215 Å². The number of fused-ring (bicyclic) bond motifs is 1. The van der Waals surface area contributed by atoms with Crippen LogP contribution in [0.1, 0.15) is 18.8 Å². The largest absolute Gasteiger partial charge is 0.497 e. The first-order valence-corrected chi connectivity index (χ1v) is 12.5. The molecule has 0 spiro atoms. The van der Waals surface area contributed by atoms with Crippen molar-refractivity contribution in [2.24, 2.45) is 5.11 Å². The van der Waals surface area contributed by atoms with Gasteiger partial charge in [0.2, 0.25) is 0 Å². The predicted molar refractivity (Wildman–Crippen MR) is 135 cm³/mol. The Kier molecular flexibility index (Phi) is 7.66. The van der Waals surface area contributed by atoms with Gasteiger partial charge in [-0.1, -0.05) is 77.5 Å². The van der Waals surface area contributed by atoms with Crippen molar-refractivity contribution in [3.8, 4) is 5.75 Å². The molecule has 2 heterocycles. The number of nitrogens with zero attached hydrogens (tertiary/aromatic N) is 3. The zero-order valence-electron chi connectivity index (χ0n) is 20.7. The van der Waals surface area contributed by atoms with Crippen molar-refractivity contribution >= 4 is 11.8 Å². The van der Waals surface area contributed by atoms with E-state index in [1.165, 1.54) is 11.8 Å². The molecule has 9 heteroatoms. The predicted octanol–water partition coefficient (Wildman–Crippen LogP) is 5.89. The number of rotatable bonds is 8. The molecule has 8 nitrogen and oxygen atoms in total. The zero-order valence-corrected chi connectivity index (χ0v) is 20.5. The zero-order chi connectivity index (χ0) is 25.7. The van der Waals surface area contributed by atoms with E-state index in [0.29, 0.717) is 0 Å². The van der Waals surface area contributed by atoms with Crippen molar-refractivity contribution in [3.63, 3.8) is 0 Å². The Bertz CT molecular complexity index is 1220. The molecule has 186 valence electrons. The maximum atomic E-state index is 9.49. The monoisotopic (exact) mass is 506 g/mol. The molecule has 6 atom stereocenters. The second-order valence-corrected chi connectivity index (χ2v) is 9.44. The summed E-state index contributed by atoms with van der Waals surface area (Å²) in [6.45, 7) is 0.446. The number of methoxy groups -OCH3 is 1. The second-order valence-electron chi connectivity index (χ2n) is 8.31. The lowest BCUT2D eigenvalue weighted by molar-refractivity contribution is -0.311. The lowest BCUT2D eigenvalue weighted by atomic mass is 9.97. The van der Waals surface area contributed by atoms with Crippen molar-refractivity contribution < 1.29 is 25.1 Å². The van der Waals surface area contributed by atoms with Gasteiger partial charge in [-0.3, -0.25) is 0 Å². The third kappa shape index (κ3) is 5.68. The van der Waals surface area contributed by atoms with Crippen LogP contribution in [0, 0.1) is 0 Å². The van der Waals surface area contributed by atoms with E-state index in [1.54, 1.807) is 7.11 Å². The molecule has 2 aliphatic rings. The highest BCUT2D eigenvalue weighted by molar-refractivity contribution is 7.99. The minimum Gasteiger partial charge on any atom is -0.497 e. The van der Waals surface area contributed by atoms with Gasteiger partial charge in [0.1, 0.15) is 29.4 Å². The van der Waals surface area contributed by atoms with Crippen molar-refractivity contribution in [2.75, 3.05) is 13.7 Å². The molecule has 5 rings (SSSR count). The molecule has 2 fully saturated rings. The standard InChI is InChI=1S/C27H27N3O5S/c1-31-20-14-12-19(13-15-20)26-33-17-22-24(35-26)25(32-16-18-8-4-2-5-9-18)23(29-30-28)27(34-22)36-21-10-6-3-7-11-21/h2-15,22-27H,16-17H2,1H3/t22-,23-,24-,25-,26?,27+/m1/s1/i23D. The summed E-state index contributed by atoms with van der Waals surface area (Å²) in [6.07, 6.45) is -2.86. The van der Waals surface area contributed by atoms with Gasteiger partial charge < -0.3 is 23.7 Å². The summed E-state index contributed by atoms with van der Waals surface area (Å²) in [5, 5.41) is 3.94. The lowest BCUT2D eigenvalue weighted by Crippen LogP contribution is -2.61. The van der Waals surface area contributed by atoms with Gasteiger partial charge in [0, 0.05) is 16.7 Å². The van der Waals surface area contributed by atoms with Crippen LogP contribution in [-0.2, 0) is 25.6 Å². The molecule has 3 aromatic rings. The van der Waals surface area contributed by atoms with E-state index in [-0.39, 0.29) is 13.2 Å². The summed E-state index contributed by atoms with van der Waals surface area (Å²) in [5.41, 5.74) is 10.4. The molecule has 0 saturated carbocycles. The van der Waals surface area contributed by atoms with E-state index in [9.17, 15) is 6.90 Å². The summed E-state index contributed by atoms with van der Waals surface area (Å²) in [6, 6.07) is 24.8. The third-order valence-corrected chi connectivity index (χ3v) is 7.11. The maximum absolute atomic E-state index is 9.49. The topological polar surface area (TPSA) is 94.9 Å².